The van der Waals surface area contributed by atoms with E-state index in [4.69, 9.17) is 4.74 Å². The molecule has 0 bridgehead atoms. The second-order valence-corrected chi connectivity index (χ2v) is 6.59. The fourth-order valence-electron chi connectivity index (χ4n) is 2.47. The third-order valence-corrected chi connectivity index (χ3v) is 4.80. The van der Waals surface area contributed by atoms with Crippen LogP contribution in [-0.4, -0.2) is 33.8 Å². The Kier molecular flexibility index (Phi) is 5.75. The Morgan fingerprint density at radius 2 is 2.08 bits per heavy atom. The molecule has 2 heterocycles. The highest BCUT2D eigenvalue weighted by molar-refractivity contribution is 7.10. The van der Waals surface area contributed by atoms with E-state index >= 15 is 0 Å². The lowest BCUT2D eigenvalue weighted by atomic mass is 10.1. The Hall–Kier alpha value is -3.00. The van der Waals surface area contributed by atoms with Gasteiger partial charge in [0, 0.05) is 10.4 Å². The third kappa shape index (κ3) is 4.54. The molecular formula is C18H18N4O3S. The molecular weight excluding hydrogens is 352 g/mol. The summed E-state index contributed by atoms with van der Waals surface area (Å²) in [7, 11) is 1.34. The van der Waals surface area contributed by atoms with Crippen LogP contribution < -0.4 is 5.32 Å². The molecule has 1 N–H and O–H groups in total. The van der Waals surface area contributed by atoms with Gasteiger partial charge >= 0.3 is 5.97 Å². The fraction of sp³-hybridized carbons (Fsp3) is 0.222. The molecule has 8 heteroatoms. The van der Waals surface area contributed by atoms with Crippen LogP contribution in [0.2, 0.25) is 0 Å². The molecule has 7 nitrogen and oxygen atoms in total. The smallest absolute Gasteiger partial charge is 0.307 e. The Balaban J connectivity index is 1.67. The van der Waals surface area contributed by atoms with Gasteiger partial charge in [0.2, 0.25) is 0 Å². The van der Waals surface area contributed by atoms with Gasteiger partial charge in [0.15, 0.2) is 0 Å². The van der Waals surface area contributed by atoms with Gasteiger partial charge in [-0.3, -0.25) is 9.59 Å². The van der Waals surface area contributed by atoms with E-state index in [1.165, 1.54) is 24.8 Å². The van der Waals surface area contributed by atoms with Gasteiger partial charge in [0.25, 0.3) is 5.91 Å². The number of nitrogens with one attached hydrogen (secondary N) is 1. The molecule has 134 valence electrons. The largest absolute Gasteiger partial charge is 0.469 e. The van der Waals surface area contributed by atoms with Crippen molar-refractivity contribution in [2.45, 2.75) is 19.0 Å². The predicted molar refractivity (Wildman–Crippen MR) is 96.7 cm³/mol. The molecule has 0 saturated heterocycles. The first-order valence-electron chi connectivity index (χ1n) is 7.98. The zero-order valence-corrected chi connectivity index (χ0v) is 15.0. The molecule has 3 aromatic rings. The quantitative estimate of drug-likeness (QED) is 0.646. The average Bonchev–Trinajstić information content (AvgIpc) is 3.35. The summed E-state index contributed by atoms with van der Waals surface area (Å²) < 4.78 is 6.44. The first-order chi connectivity index (χ1) is 12.7. The molecule has 0 unspecified atom stereocenters. The fourth-order valence-corrected chi connectivity index (χ4v) is 3.24. The first kappa shape index (κ1) is 17.8. The van der Waals surface area contributed by atoms with Crippen molar-refractivity contribution in [1.82, 2.24) is 20.1 Å². The summed E-state index contributed by atoms with van der Waals surface area (Å²) in [5, 5.41) is 8.87. The zero-order chi connectivity index (χ0) is 18.4. The predicted octanol–water partition coefficient (Wildman–Crippen LogP) is 2.42. The Labute approximate surface area is 154 Å². The highest BCUT2D eigenvalue weighted by Crippen LogP contribution is 2.23. The second kappa shape index (κ2) is 8.39. The van der Waals surface area contributed by atoms with Crippen molar-refractivity contribution in [1.29, 1.82) is 0 Å². The average molecular weight is 370 g/mol. The minimum atomic E-state index is -0.412. The Morgan fingerprint density at radius 3 is 2.69 bits per heavy atom. The topological polar surface area (TPSA) is 86.1 Å². The van der Waals surface area contributed by atoms with Crippen LogP contribution in [0.1, 0.15) is 33.3 Å². The zero-order valence-electron chi connectivity index (χ0n) is 14.2. The summed E-state index contributed by atoms with van der Waals surface area (Å²) in [5.41, 5.74) is 1.54. The number of amides is 1. The van der Waals surface area contributed by atoms with Crippen LogP contribution in [0, 0.1) is 0 Å². The molecule has 0 fully saturated rings. The number of benzene rings is 1. The highest BCUT2D eigenvalue weighted by Gasteiger charge is 2.20. The number of carbonyl (C=O) groups excluding carboxylic acids is 2. The van der Waals surface area contributed by atoms with Crippen molar-refractivity contribution in [3.05, 3.63) is 70.4 Å². The number of hydrogen-bond donors (Lipinski definition) is 1. The summed E-state index contributed by atoms with van der Waals surface area (Å²) in [6.45, 7) is 0.585. The summed E-state index contributed by atoms with van der Waals surface area (Å²) in [5.74, 6) is -0.605. The van der Waals surface area contributed by atoms with E-state index in [1.54, 1.807) is 23.1 Å². The van der Waals surface area contributed by atoms with Crippen LogP contribution in [0.5, 0.6) is 0 Å². The van der Waals surface area contributed by atoms with Crippen LogP contribution in [0.4, 0.5) is 0 Å². The van der Waals surface area contributed by atoms with Gasteiger partial charge in [-0.2, -0.15) is 5.10 Å². The number of aromatic nitrogens is 3. The van der Waals surface area contributed by atoms with Gasteiger partial charge in [-0.15, -0.1) is 11.3 Å². The van der Waals surface area contributed by atoms with Crippen molar-refractivity contribution < 1.29 is 14.3 Å². The molecule has 1 aromatic carbocycles. The Morgan fingerprint density at radius 1 is 1.27 bits per heavy atom. The van der Waals surface area contributed by atoms with Crippen LogP contribution in [0.25, 0.3) is 0 Å². The molecule has 0 saturated carbocycles. The van der Waals surface area contributed by atoms with Crippen molar-refractivity contribution in [3.63, 3.8) is 0 Å². The summed E-state index contributed by atoms with van der Waals surface area (Å²) in [6.07, 6.45) is 3.21. The lowest BCUT2D eigenvalue weighted by Gasteiger charge is -2.16. The number of esters is 1. The number of ether oxygens (including phenoxy) is 1. The van der Waals surface area contributed by atoms with E-state index in [1.807, 2.05) is 29.6 Å². The molecule has 1 atom stereocenters. The van der Waals surface area contributed by atoms with Gasteiger partial charge in [-0.1, -0.05) is 18.2 Å². The molecule has 0 radical (unpaired) electrons. The number of thiophene rings is 1. The monoisotopic (exact) mass is 370 g/mol. The van der Waals surface area contributed by atoms with Crippen LogP contribution in [0.15, 0.2) is 54.4 Å². The number of rotatable bonds is 7. The molecule has 0 aliphatic rings. The summed E-state index contributed by atoms with van der Waals surface area (Å²) in [4.78, 5) is 29.0. The summed E-state index contributed by atoms with van der Waals surface area (Å²) >= 11 is 1.49. The molecule has 0 aliphatic heterocycles. The van der Waals surface area contributed by atoms with Crippen LogP contribution in [-0.2, 0) is 16.1 Å². The van der Waals surface area contributed by atoms with E-state index in [-0.39, 0.29) is 18.3 Å². The number of carbonyl (C=O) groups is 2. The first-order valence-corrected chi connectivity index (χ1v) is 8.86. The standard InChI is InChI=1S/C18H18N4O3S/c1-25-17(23)9-15(16-3-2-8-26-16)21-18(24)14-6-4-13(5-7-14)10-22-12-19-11-20-22/h2-8,11-12,15H,9-10H2,1H3,(H,21,24)/t15-/m0/s1. The number of nitrogens with zero attached hydrogens (tertiary/aromatic N) is 3. The van der Waals surface area contributed by atoms with E-state index in [2.05, 4.69) is 15.4 Å². The van der Waals surface area contributed by atoms with Gasteiger partial charge in [-0.05, 0) is 29.1 Å². The van der Waals surface area contributed by atoms with Gasteiger partial charge in [-0.25, -0.2) is 9.67 Å². The SMILES string of the molecule is COC(=O)C[C@H](NC(=O)c1ccc(Cn2cncn2)cc1)c1cccs1. The van der Waals surface area contributed by atoms with Gasteiger partial charge < -0.3 is 10.1 Å². The maximum Gasteiger partial charge on any atom is 0.307 e. The minimum Gasteiger partial charge on any atom is -0.469 e. The molecule has 0 aliphatic carbocycles. The van der Waals surface area contributed by atoms with Gasteiger partial charge in [0.1, 0.15) is 12.7 Å². The Bertz CT molecular complexity index is 845. The highest BCUT2D eigenvalue weighted by atomic mass is 32.1. The number of methoxy groups -OCH3 is 1. The number of hydrogen-bond acceptors (Lipinski definition) is 6. The van der Waals surface area contributed by atoms with E-state index in [0.29, 0.717) is 12.1 Å². The van der Waals surface area contributed by atoms with Crippen LogP contribution in [0.3, 0.4) is 0 Å². The van der Waals surface area contributed by atoms with Gasteiger partial charge in [0.05, 0.1) is 26.1 Å². The van der Waals surface area contributed by atoms with E-state index in [9.17, 15) is 9.59 Å². The van der Waals surface area contributed by atoms with Crippen molar-refractivity contribution >= 4 is 23.2 Å². The second-order valence-electron chi connectivity index (χ2n) is 5.61. The normalized spacial score (nSPS) is 11.7. The molecule has 2 aromatic heterocycles. The van der Waals surface area contributed by atoms with Crippen LogP contribution >= 0.6 is 11.3 Å². The van der Waals surface area contributed by atoms with E-state index in [0.717, 1.165) is 10.4 Å². The maximum absolute atomic E-state index is 12.6. The minimum absolute atomic E-state index is 0.0904. The summed E-state index contributed by atoms with van der Waals surface area (Å²) in [6, 6.07) is 10.6. The van der Waals surface area contributed by atoms with Crippen molar-refractivity contribution in [2.24, 2.45) is 0 Å². The van der Waals surface area contributed by atoms with Crippen molar-refractivity contribution in [3.8, 4) is 0 Å². The lowest BCUT2D eigenvalue weighted by Crippen LogP contribution is -2.30. The molecule has 26 heavy (non-hydrogen) atoms. The molecule has 1 amide bonds. The third-order valence-electron chi connectivity index (χ3n) is 3.82. The molecule has 0 spiro atoms. The van der Waals surface area contributed by atoms with E-state index < -0.39 is 6.04 Å². The molecule has 3 rings (SSSR count). The lowest BCUT2D eigenvalue weighted by molar-refractivity contribution is -0.141. The van der Waals surface area contributed by atoms with Crippen molar-refractivity contribution in [2.75, 3.05) is 7.11 Å². The maximum atomic E-state index is 12.6.